The molecule has 0 unspecified atom stereocenters. The predicted molar refractivity (Wildman–Crippen MR) is 64.7 cm³/mol. The highest BCUT2D eigenvalue weighted by Crippen LogP contribution is 2.39. The van der Waals surface area contributed by atoms with E-state index in [0.717, 1.165) is 6.42 Å². The van der Waals surface area contributed by atoms with Gasteiger partial charge in [-0.25, -0.2) is 0 Å². The molecule has 0 spiro atoms. The van der Waals surface area contributed by atoms with Crippen LogP contribution in [0.3, 0.4) is 0 Å². The van der Waals surface area contributed by atoms with Crippen LogP contribution in [0.1, 0.15) is 11.1 Å². The Bertz CT molecular complexity index is 520. The van der Waals surface area contributed by atoms with Crippen molar-refractivity contribution in [3.05, 3.63) is 53.6 Å². The van der Waals surface area contributed by atoms with Crippen LogP contribution in [0, 0.1) is 0 Å². The third kappa shape index (κ3) is 1.29. The quantitative estimate of drug-likeness (QED) is 0.628. The number of hydrogen-bond acceptors (Lipinski definition) is 2. The van der Waals surface area contributed by atoms with Gasteiger partial charge >= 0.3 is 0 Å². The fourth-order valence-corrected chi connectivity index (χ4v) is 2.72. The maximum Gasteiger partial charge on any atom is 0.0267 e. The summed E-state index contributed by atoms with van der Waals surface area (Å²) in [5.74, 6) is 0. The predicted octanol–water partition coefficient (Wildman–Crippen LogP) is 3.22. The molecule has 0 aliphatic heterocycles. The fraction of sp³-hybridized carbons (Fsp3) is 0.0769. The lowest BCUT2D eigenvalue weighted by molar-refractivity contribution is 1.19. The van der Waals surface area contributed by atoms with Gasteiger partial charge in [0.15, 0.2) is 0 Å². The first kappa shape index (κ1) is 9.01. The molecule has 0 heterocycles. The van der Waals surface area contributed by atoms with Crippen LogP contribution in [-0.2, 0) is 6.42 Å². The fourth-order valence-electron chi connectivity index (χ4n) is 2.24. The molecule has 1 aliphatic carbocycles. The lowest BCUT2D eigenvalue weighted by Crippen LogP contribution is -1.88. The molecule has 0 fully saturated rings. The SMILES string of the molecule is NSc1cccc2c1Cc1ccccc1-2. The number of benzene rings is 2. The molecule has 2 heteroatoms. The van der Waals surface area contributed by atoms with E-state index in [2.05, 4.69) is 42.5 Å². The number of hydrogen-bond donors (Lipinski definition) is 1. The van der Waals surface area contributed by atoms with E-state index in [1.807, 2.05) is 0 Å². The Labute approximate surface area is 93.4 Å². The molecule has 0 saturated heterocycles. The average Bonchev–Trinajstić information content (AvgIpc) is 2.67. The van der Waals surface area contributed by atoms with E-state index in [-0.39, 0.29) is 0 Å². The van der Waals surface area contributed by atoms with Crippen LogP contribution in [0.2, 0.25) is 0 Å². The summed E-state index contributed by atoms with van der Waals surface area (Å²) in [5, 5.41) is 5.67. The third-order valence-electron chi connectivity index (χ3n) is 2.93. The maximum absolute atomic E-state index is 5.67. The number of fused-ring (bicyclic) bond motifs is 3. The molecule has 2 aromatic carbocycles. The van der Waals surface area contributed by atoms with Crippen LogP contribution < -0.4 is 5.14 Å². The molecular formula is C13H11NS. The monoisotopic (exact) mass is 213 g/mol. The minimum Gasteiger partial charge on any atom is -0.274 e. The Hall–Kier alpha value is -1.25. The van der Waals surface area contributed by atoms with E-state index in [4.69, 9.17) is 5.14 Å². The van der Waals surface area contributed by atoms with Crippen LogP contribution >= 0.6 is 11.9 Å². The van der Waals surface area contributed by atoms with E-state index in [0.29, 0.717) is 0 Å². The van der Waals surface area contributed by atoms with Crippen molar-refractivity contribution in [1.29, 1.82) is 0 Å². The molecule has 0 amide bonds. The molecule has 1 aliphatic rings. The van der Waals surface area contributed by atoms with Gasteiger partial charge in [-0.1, -0.05) is 36.4 Å². The van der Waals surface area contributed by atoms with Gasteiger partial charge in [0.1, 0.15) is 0 Å². The van der Waals surface area contributed by atoms with Crippen molar-refractivity contribution in [3.8, 4) is 11.1 Å². The zero-order valence-corrected chi connectivity index (χ0v) is 9.05. The molecule has 0 saturated carbocycles. The van der Waals surface area contributed by atoms with Crippen LogP contribution in [-0.4, -0.2) is 0 Å². The molecule has 0 bridgehead atoms. The molecule has 0 atom stereocenters. The zero-order valence-electron chi connectivity index (χ0n) is 8.23. The first-order chi connectivity index (χ1) is 7.40. The van der Waals surface area contributed by atoms with Crippen molar-refractivity contribution in [3.63, 3.8) is 0 Å². The highest BCUT2D eigenvalue weighted by Gasteiger charge is 2.19. The molecule has 74 valence electrons. The van der Waals surface area contributed by atoms with Crippen molar-refractivity contribution in [2.75, 3.05) is 0 Å². The van der Waals surface area contributed by atoms with Gasteiger partial charge in [0, 0.05) is 4.90 Å². The van der Waals surface area contributed by atoms with Gasteiger partial charge in [-0.05, 0) is 46.7 Å². The van der Waals surface area contributed by atoms with Gasteiger partial charge in [0.2, 0.25) is 0 Å². The average molecular weight is 213 g/mol. The van der Waals surface area contributed by atoms with Crippen molar-refractivity contribution in [1.82, 2.24) is 0 Å². The Morgan fingerprint density at radius 1 is 0.933 bits per heavy atom. The molecular weight excluding hydrogens is 202 g/mol. The second-order valence-corrected chi connectivity index (χ2v) is 4.41. The van der Waals surface area contributed by atoms with Crippen molar-refractivity contribution in [2.45, 2.75) is 11.3 Å². The summed E-state index contributed by atoms with van der Waals surface area (Å²) in [5.41, 5.74) is 5.50. The standard InChI is InChI=1S/C13H11NS/c14-15-13-7-3-6-11-10-5-2-1-4-9(10)8-12(11)13/h1-7H,8,14H2. The summed E-state index contributed by atoms with van der Waals surface area (Å²) >= 11 is 1.34. The van der Waals surface area contributed by atoms with Crippen molar-refractivity contribution in [2.24, 2.45) is 5.14 Å². The smallest absolute Gasteiger partial charge is 0.0267 e. The topological polar surface area (TPSA) is 26.0 Å². The van der Waals surface area contributed by atoms with Crippen LogP contribution in [0.25, 0.3) is 11.1 Å². The first-order valence-electron chi connectivity index (χ1n) is 4.97. The lowest BCUT2D eigenvalue weighted by Gasteiger charge is -2.04. The highest BCUT2D eigenvalue weighted by molar-refractivity contribution is 7.97. The maximum atomic E-state index is 5.67. The summed E-state index contributed by atoms with van der Waals surface area (Å²) in [6, 6.07) is 14.9. The second-order valence-electron chi connectivity index (χ2n) is 3.73. The van der Waals surface area contributed by atoms with E-state index in [1.54, 1.807) is 0 Å². The largest absolute Gasteiger partial charge is 0.274 e. The number of rotatable bonds is 1. The molecule has 2 N–H and O–H groups in total. The Kier molecular flexibility index (Phi) is 2.04. The summed E-state index contributed by atoms with van der Waals surface area (Å²) in [4.78, 5) is 1.20. The summed E-state index contributed by atoms with van der Waals surface area (Å²) < 4.78 is 0. The molecule has 0 aromatic heterocycles. The van der Waals surface area contributed by atoms with Crippen LogP contribution in [0.4, 0.5) is 0 Å². The van der Waals surface area contributed by atoms with E-state index >= 15 is 0 Å². The van der Waals surface area contributed by atoms with E-state index < -0.39 is 0 Å². The van der Waals surface area contributed by atoms with Gasteiger partial charge in [-0.15, -0.1) is 0 Å². The van der Waals surface area contributed by atoms with Gasteiger partial charge in [0.25, 0.3) is 0 Å². The molecule has 3 rings (SSSR count). The minimum absolute atomic E-state index is 1.02. The Morgan fingerprint density at radius 3 is 2.60 bits per heavy atom. The first-order valence-corrected chi connectivity index (χ1v) is 5.85. The molecule has 15 heavy (non-hydrogen) atoms. The highest BCUT2D eigenvalue weighted by atomic mass is 32.2. The van der Waals surface area contributed by atoms with Gasteiger partial charge in [-0.2, -0.15) is 0 Å². The van der Waals surface area contributed by atoms with Crippen LogP contribution in [0.5, 0.6) is 0 Å². The molecule has 2 aromatic rings. The number of nitrogens with two attached hydrogens (primary N) is 1. The van der Waals surface area contributed by atoms with Crippen molar-refractivity contribution < 1.29 is 0 Å². The summed E-state index contributed by atoms with van der Waals surface area (Å²) in [6.07, 6.45) is 1.02. The normalized spacial score (nSPS) is 12.3. The summed E-state index contributed by atoms with van der Waals surface area (Å²) in [6.45, 7) is 0. The van der Waals surface area contributed by atoms with Gasteiger partial charge in [-0.3, -0.25) is 5.14 Å². The van der Waals surface area contributed by atoms with E-state index in [9.17, 15) is 0 Å². The molecule has 1 nitrogen and oxygen atoms in total. The van der Waals surface area contributed by atoms with Crippen LogP contribution in [0.15, 0.2) is 47.4 Å². The van der Waals surface area contributed by atoms with Crippen molar-refractivity contribution >= 4 is 11.9 Å². The van der Waals surface area contributed by atoms with E-state index in [1.165, 1.54) is 39.1 Å². The van der Waals surface area contributed by atoms with Gasteiger partial charge < -0.3 is 0 Å². The second kappa shape index (κ2) is 3.40. The Balaban J connectivity index is 2.26. The minimum atomic E-state index is 1.02. The third-order valence-corrected chi connectivity index (χ3v) is 3.57. The Morgan fingerprint density at radius 2 is 1.73 bits per heavy atom. The van der Waals surface area contributed by atoms with Gasteiger partial charge in [0.05, 0.1) is 0 Å². The lowest BCUT2D eigenvalue weighted by atomic mass is 10.1. The zero-order chi connectivity index (χ0) is 10.3. The molecule has 0 radical (unpaired) electrons. The summed E-state index contributed by atoms with van der Waals surface area (Å²) in [7, 11) is 0.